The smallest absolute Gasteiger partial charge is 0.165 e. The maximum absolute atomic E-state index is 12.5. The van der Waals surface area contributed by atoms with Crippen LogP contribution in [0.3, 0.4) is 0 Å². The minimum Gasteiger partial charge on any atom is -0.395 e. The van der Waals surface area contributed by atoms with Crippen LogP contribution in [0.2, 0.25) is 0 Å². The molecule has 0 saturated heterocycles. The second-order valence-corrected chi connectivity index (χ2v) is 10.0. The normalized spacial score (nSPS) is 14.7. The Hall–Kier alpha value is -1.21. The monoisotopic (exact) mass is 345 g/mol. The summed E-state index contributed by atoms with van der Waals surface area (Å²) in [6, 6.07) is 1.60. The number of aliphatic hydroxyl groups excluding tert-OH is 1. The average molecular weight is 345 g/mol. The first-order valence-electron chi connectivity index (χ1n) is 7.73. The Morgan fingerprint density at radius 1 is 1.35 bits per heavy atom. The first kappa shape index (κ1) is 19.8. The van der Waals surface area contributed by atoms with Crippen LogP contribution in [0.15, 0.2) is 10.6 Å². The number of aromatic nitrogens is 1. The molecule has 0 saturated carbocycles. The number of carbonyl (C=O) groups is 1. The molecule has 0 aliphatic rings. The van der Waals surface area contributed by atoms with E-state index in [2.05, 4.69) is 5.16 Å². The number of carbonyl (C=O) groups excluding carboxylic acids is 1. The van der Waals surface area contributed by atoms with Crippen LogP contribution in [0.25, 0.3) is 0 Å². The van der Waals surface area contributed by atoms with Crippen LogP contribution in [0, 0.1) is 0 Å². The maximum Gasteiger partial charge on any atom is 0.165 e. The van der Waals surface area contributed by atoms with Gasteiger partial charge < -0.3 is 9.63 Å². The molecule has 1 N–H and O–H groups in total. The van der Waals surface area contributed by atoms with E-state index in [0.29, 0.717) is 17.9 Å². The number of Topliss-reactive ketones (excluding diaryl/α,β-unsaturated/α-hetero) is 1. The Kier molecular flexibility index (Phi) is 5.80. The second kappa shape index (κ2) is 6.73. The molecule has 132 valence electrons. The molecule has 0 fully saturated rings. The molecule has 7 heteroatoms. The average Bonchev–Trinajstić information content (AvgIpc) is 2.95. The van der Waals surface area contributed by atoms with Crippen molar-refractivity contribution in [3.05, 3.63) is 17.5 Å². The van der Waals surface area contributed by atoms with E-state index < -0.39 is 31.0 Å². The summed E-state index contributed by atoms with van der Waals surface area (Å²) in [4.78, 5) is 12.5. The van der Waals surface area contributed by atoms with E-state index in [1.54, 1.807) is 33.8 Å². The highest BCUT2D eigenvalue weighted by Gasteiger charge is 2.44. The number of hydrogen-bond donors (Lipinski definition) is 1. The summed E-state index contributed by atoms with van der Waals surface area (Å²) in [7, 11) is -3.59. The lowest BCUT2D eigenvalue weighted by Gasteiger charge is -2.26. The Balaban J connectivity index is 3.00. The predicted octanol–water partition coefficient (Wildman–Crippen LogP) is 2.05. The lowest BCUT2D eigenvalue weighted by Crippen LogP contribution is -2.45. The Labute approximate surface area is 138 Å². The molecule has 0 radical (unpaired) electrons. The van der Waals surface area contributed by atoms with Gasteiger partial charge in [0.15, 0.2) is 15.6 Å². The highest BCUT2D eigenvalue weighted by atomic mass is 32.2. The molecule has 0 aliphatic carbocycles. The van der Waals surface area contributed by atoms with Gasteiger partial charge in [0.1, 0.15) is 10.5 Å². The van der Waals surface area contributed by atoms with Crippen LogP contribution >= 0.6 is 0 Å². The first-order valence-corrected chi connectivity index (χ1v) is 9.28. The topological polar surface area (TPSA) is 97.5 Å². The van der Waals surface area contributed by atoms with Gasteiger partial charge in [0.2, 0.25) is 0 Å². The van der Waals surface area contributed by atoms with E-state index in [4.69, 9.17) is 4.52 Å². The zero-order chi connectivity index (χ0) is 18.1. The Bertz CT molecular complexity index is 658. The van der Waals surface area contributed by atoms with Gasteiger partial charge in [-0.25, -0.2) is 8.42 Å². The van der Waals surface area contributed by atoms with Gasteiger partial charge in [-0.15, -0.1) is 0 Å². The van der Waals surface area contributed by atoms with Gasteiger partial charge in [-0.1, -0.05) is 25.9 Å². The van der Waals surface area contributed by atoms with Gasteiger partial charge in [-0.2, -0.15) is 0 Å². The van der Waals surface area contributed by atoms with Crippen molar-refractivity contribution in [1.82, 2.24) is 5.16 Å². The standard InChI is InChI=1S/C16H27NO5S/c1-7-11(2)23(20,21)16(5,6)14(19)9-12-8-13(17-22-12)15(3,4)10-18/h8,11,18H,7,9-10H2,1-6H3/t11-/m0/s1. The van der Waals surface area contributed by atoms with Crippen LogP contribution in [-0.4, -0.2) is 41.1 Å². The zero-order valence-electron chi connectivity index (χ0n) is 14.7. The molecule has 1 rings (SSSR count). The van der Waals surface area contributed by atoms with E-state index in [1.165, 1.54) is 13.8 Å². The maximum atomic E-state index is 12.5. The van der Waals surface area contributed by atoms with Crippen molar-refractivity contribution in [3.63, 3.8) is 0 Å². The summed E-state index contributed by atoms with van der Waals surface area (Å²) >= 11 is 0. The van der Waals surface area contributed by atoms with Gasteiger partial charge in [-0.05, 0) is 27.2 Å². The van der Waals surface area contributed by atoms with Crippen molar-refractivity contribution in [2.45, 2.75) is 69.8 Å². The molecule has 6 nitrogen and oxygen atoms in total. The third kappa shape index (κ3) is 3.83. The number of sulfone groups is 1. The molecule has 1 heterocycles. The van der Waals surface area contributed by atoms with Crippen LogP contribution in [-0.2, 0) is 26.5 Å². The minimum atomic E-state index is -3.59. The third-order valence-electron chi connectivity index (χ3n) is 4.47. The van der Waals surface area contributed by atoms with Crippen molar-refractivity contribution in [2.75, 3.05) is 6.61 Å². The molecule has 0 spiro atoms. The molecule has 0 bridgehead atoms. The fourth-order valence-corrected chi connectivity index (χ4v) is 3.88. The summed E-state index contributed by atoms with van der Waals surface area (Å²) in [6.07, 6.45) is 0.313. The molecule has 1 atom stereocenters. The minimum absolute atomic E-state index is 0.110. The summed E-state index contributed by atoms with van der Waals surface area (Å²) < 4.78 is 28.7. The molecule has 1 aromatic rings. The quantitative estimate of drug-likeness (QED) is 0.774. The fraction of sp³-hybridized carbons (Fsp3) is 0.750. The second-order valence-electron chi connectivity index (χ2n) is 7.09. The van der Waals surface area contributed by atoms with Crippen molar-refractivity contribution in [3.8, 4) is 0 Å². The number of hydrogen-bond acceptors (Lipinski definition) is 6. The van der Waals surface area contributed by atoms with Crippen molar-refractivity contribution < 1.29 is 22.8 Å². The van der Waals surface area contributed by atoms with Gasteiger partial charge in [0.05, 0.1) is 24.0 Å². The van der Waals surface area contributed by atoms with Gasteiger partial charge in [-0.3, -0.25) is 4.79 Å². The predicted molar refractivity (Wildman–Crippen MR) is 88.1 cm³/mol. The molecule has 0 aliphatic heterocycles. The van der Waals surface area contributed by atoms with Crippen LogP contribution in [0.1, 0.15) is 59.4 Å². The molecular weight excluding hydrogens is 318 g/mol. The number of rotatable bonds is 8. The van der Waals surface area contributed by atoms with Crippen molar-refractivity contribution in [1.29, 1.82) is 0 Å². The SMILES string of the molecule is CC[C@H](C)S(=O)(=O)C(C)(C)C(=O)Cc1cc(C(C)(C)CO)no1. The van der Waals surface area contributed by atoms with Crippen LogP contribution in [0.5, 0.6) is 0 Å². The summed E-state index contributed by atoms with van der Waals surface area (Å²) in [6.45, 7) is 9.75. The largest absolute Gasteiger partial charge is 0.395 e. The summed E-state index contributed by atoms with van der Waals surface area (Å²) in [5, 5.41) is 12.6. The first-order chi connectivity index (χ1) is 10.4. The number of aliphatic hydroxyl groups is 1. The van der Waals surface area contributed by atoms with Gasteiger partial charge >= 0.3 is 0 Å². The van der Waals surface area contributed by atoms with E-state index in [0.717, 1.165) is 0 Å². The highest BCUT2D eigenvalue weighted by Crippen LogP contribution is 2.27. The lowest BCUT2D eigenvalue weighted by molar-refractivity contribution is -0.120. The molecule has 0 amide bonds. The van der Waals surface area contributed by atoms with Crippen LogP contribution in [0.4, 0.5) is 0 Å². The van der Waals surface area contributed by atoms with E-state index in [1.807, 2.05) is 0 Å². The van der Waals surface area contributed by atoms with Crippen molar-refractivity contribution >= 4 is 15.6 Å². The number of ketones is 1. The molecular formula is C16H27NO5S. The molecule has 23 heavy (non-hydrogen) atoms. The van der Waals surface area contributed by atoms with Crippen LogP contribution < -0.4 is 0 Å². The lowest BCUT2D eigenvalue weighted by atomic mass is 9.90. The van der Waals surface area contributed by atoms with E-state index >= 15 is 0 Å². The van der Waals surface area contributed by atoms with Gasteiger partial charge in [0, 0.05) is 11.5 Å². The highest BCUT2D eigenvalue weighted by molar-refractivity contribution is 7.94. The van der Waals surface area contributed by atoms with Gasteiger partial charge in [0.25, 0.3) is 0 Å². The Morgan fingerprint density at radius 2 is 1.91 bits per heavy atom. The summed E-state index contributed by atoms with van der Waals surface area (Å²) in [5.41, 5.74) is -0.0475. The molecule has 1 aromatic heterocycles. The zero-order valence-corrected chi connectivity index (χ0v) is 15.5. The van der Waals surface area contributed by atoms with E-state index in [-0.39, 0.29) is 13.0 Å². The van der Waals surface area contributed by atoms with E-state index in [9.17, 15) is 18.3 Å². The Morgan fingerprint density at radius 3 is 2.39 bits per heavy atom. The number of nitrogens with zero attached hydrogens (tertiary/aromatic N) is 1. The molecule has 0 unspecified atom stereocenters. The van der Waals surface area contributed by atoms with Crippen molar-refractivity contribution in [2.24, 2.45) is 0 Å². The molecule has 0 aromatic carbocycles. The third-order valence-corrected chi connectivity index (χ3v) is 7.51. The summed E-state index contributed by atoms with van der Waals surface area (Å²) in [5.74, 6) is -0.124. The fourth-order valence-electron chi connectivity index (χ4n) is 2.05.